The first kappa shape index (κ1) is 39.8. The van der Waals surface area contributed by atoms with Crippen molar-refractivity contribution in [3.05, 3.63) is 93.8 Å². The molecule has 0 radical (unpaired) electrons. The van der Waals surface area contributed by atoms with Crippen molar-refractivity contribution in [3.63, 3.8) is 0 Å². The number of likely N-dealkylation sites (tertiary alicyclic amines) is 1. The molecule has 4 saturated heterocycles. The van der Waals surface area contributed by atoms with Gasteiger partial charge in [-0.1, -0.05) is 24.3 Å². The van der Waals surface area contributed by atoms with Crippen molar-refractivity contribution >= 4 is 45.8 Å². The van der Waals surface area contributed by atoms with E-state index in [2.05, 4.69) is 50.0 Å². The molecule has 2 N–H and O–H groups in total. The van der Waals surface area contributed by atoms with Crippen LogP contribution in [0.25, 0.3) is 10.8 Å². The second-order valence-electron chi connectivity index (χ2n) is 17.4. The van der Waals surface area contributed by atoms with E-state index in [1.54, 1.807) is 12.4 Å². The second kappa shape index (κ2) is 17.2. The molecule has 60 heavy (non-hydrogen) atoms. The molecule has 2 aromatic carbocycles. The summed E-state index contributed by atoms with van der Waals surface area (Å²) >= 11 is 0. The van der Waals surface area contributed by atoms with Gasteiger partial charge in [0.2, 0.25) is 0 Å². The van der Waals surface area contributed by atoms with E-state index < -0.39 is 11.9 Å². The number of ketones is 2. The van der Waals surface area contributed by atoms with Crippen LogP contribution in [0.1, 0.15) is 97.1 Å². The lowest BCUT2D eigenvalue weighted by Crippen LogP contribution is -2.48. The second-order valence-corrected chi connectivity index (χ2v) is 17.4. The molecule has 0 spiro atoms. The van der Waals surface area contributed by atoms with E-state index in [-0.39, 0.29) is 41.4 Å². The zero-order valence-corrected chi connectivity index (χ0v) is 34.2. The third kappa shape index (κ3) is 8.39. The van der Waals surface area contributed by atoms with Gasteiger partial charge in [0.05, 0.1) is 36.9 Å². The van der Waals surface area contributed by atoms with Gasteiger partial charge in [-0.3, -0.25) is 19.2 Å². The minimum absolute atomic E-state index is 0.0457. The third-order valence-electron chi connectivity index (χ3n) is 13.6. The highest BCUT2D eigenvalue weighted by Crippen LogP contribution is 2.32. The lowest BCUT2D eigenvalue weighted by Gasteiger charge is -2.38. The quantitative estimate of drug-likeness (QED) is 0.218. The van der Waals surface area contributed by atoms with Crippen LogP contribution < -0.4 is 21.1 Å². The lowest BCUT2D eigenvalue weighted by molar-refractivity contribution is -0.132. The molecule has 5 fully saturated rings. The number of piperidine rings is 3. The summed E-state index contributed by atoms with van der Waals surface area (Å²) in [4.78, 5) is 80.6. The van der Waals surface area contributed by atoms with Crippen molar-refractivity contribution < 1.29 is 23.9 Å². The largest absolute Gasteiger partial charge is 0.448 e. The predicted molar refractivity (Wildman–Crippen MR) is 228 cm³/mol. The van der Waals surface area contributed by atoms with Gasteiger partial charge in [0, 0.05) is 62.8 Å². The van der Waals surface area contributed by atoms with E-state index in [0.717, 1.165) is 94.4 Å². The monoisotopic (exact) mass is 814 g/mol. The summed E-state index contributed by atoms with van der Waals surface area (Å²) in [6.07, 6.45) is 10.5. The summed E-state index contributed by atoms with van der Waals surface area (Å²) < 4.78 is 6.70. The fourth-order valence-electron chi connectivity index (χ4n) is 10.2. The van der Waals surface area contributed by atoms with Crippen LogP contribution in [-0.2, 0) is 20.7 Å². The molecule has 0 bridgehead atoms. The van der Waals surface area contributed by atoms with Gasteiger partial charge >= 0.3 is 6.09 Å². The fraction of sp³-hybridized carbons (Fsp3) is 0.500. The first-order valence-corrected chi connectivity index (χ1v) is 21.8. The molecule has 4 aliphatic heterocycles. The van der Waals surface area contributed by atoms with E-state index in [4.69, 9.17) is 15.5 Å². The topological polar surface area (TPSA) is 164 Å². The summed E-state index contributed by atoms with van der Waals surface area (Å²) in [5, 5.41) is 1.48. The summed E-state index contributed by atoms with van der Waals surface area (Å²) in [7, 11) is 0. The summed E-state index contributed by atoms with van der Waals surface area (Å²) in [6, 6.07) is 16.2. The molecular weight excluding hydrogens is 761 g/mol. The van der Waals surface area contributed by atoms with Gasteiger partial charge in [0.15, 0.2) is 5.78 Å². The Morgan fingerprint density at radius 1 is 0.850 bits per heavy atom. The van der Waals surface area contributed by atoms with Crippen molar-refractivity contribution in [2.24, 2.45) is 11.7 Å². The van der Waals surface area contributed by atoms with Crippen LogP contribution in [0.3, 0.4) is 0 Å². The molecule has 4 aromatic rings. The molecule has 9 rings (SSSR count). The van der Waals surface area contributed by atoms with Crippen molar-refractivity contribution in [1.82, 2.24) is 24.3 Å². The highest BCUT2D eigenvalue weighted by molar-refractivity contribution is 6.03. The number of carbonyl (C=O) groups is 4. The number of fused-ring (bicyclic) bond motifs is 1. The number of benzene rings is 2. The van der Waals surface area contributed by atoms with Crippen LogP contribution in [0.2, 0.25) is 0 Å². The van der Waals surface area contributed by atoms with Gasteiger partial charge in [-0.15, -0.1) is 0 Å². The molecular formula is C46H54N8O6. The SMILES string of the molecule is NC(=O)c1ncc(N2CCC[C@@H](N3CCOC3=O)C2)nc1Cc1ccc(C2CCN(CC3CCN(c4ccc5c(=O)n(C6CCC(=O)CC6=O)ccc5c4)CC3)CC2)cc1. The minimum Gasteiger partial charge on any atom is -0.448 e. The maximum atomic E-state index is 13.4. The van der Waals surface area contributed by atoms with Crippen molar-refractivity contribution in [2.45, 2.75) is 82.2 Å². The third-order valence-corrected chi connectivity index (χ3v) is 13.6. The van der Waals surface area contributed by atoms with Gasteiger partial charge in [-0.25, -0.2) is 14.8 Å². The number of hydrogen-bond donors (Lipinski definition) is 1. The Labute approximate surface area is 349 Å². The number of nitrogens with zero attached hydrogens (tertiary/aromatic N) is 7. The van der Waals surface area contributed by atoms with Crippen LogP contribution in [0, 0.1) is 5.92 Å². The standard InChI is InChI=1S/C46H54N8O6/c47-44(57)43-39(49-42(27-48-43)52-16-1-2-36(29-52)53-22-23-60-46(53)59)24-30-3-5-32(6-4-30)33-13-17-50(18-14-33)28-31-11-19-51(20-12-31)35-7-9-38-34(25-35)15-21-54(45(38)58)40-10-8-37(55)26-41(40)56/h3-7,9,15,21,25,27,31,33,36,40H,1-2,8,10-14,16-20,22-24,26,28-29H2,(H2,47,57)/t36-,40?/m1/s1. The number of aromatic nitrogens is 3. The number of hydrogen-bond acceptors (Lipinski definition) is 11. The van der Waals surface area contributed by atoms with Gasteiger partial charge < -0.3 is 34.6 Å². The van der Waals surface area contributed by atoms with Gasteiger partial charge in [-0.05, 0) is 111 Å². The minimum atomic E-state index is -0.593. The van der Waals surface area contributed by atoms with E-state index in [1.807, 2.05) is 23.1 Å². The number of Topliss-reactive ketones (excluding diaryl/α,β-unsaturated/α-hetero) is 2. The Morgan fingerprint density at radius 3 is 2.38 bits per heavy atom. The molecule has 1 unspecified atom stereocenters. The Bertz CT molecular complexity index is 2330. The Kier molecular flexibility index (Phi) is 11.4. The number of ether oxygens (including phenoxy) is 1. The number of amides is 2. The number of pyridine rings is 1. The van der Waals surface area contributed by atoms with E-state index in [0.29, 0.717) is 67.7 Å². The molecule has 2 amide bonds. The maximum absolute atomic E-state index is 13.4. The lowest BCUT2D eigenvalue weighted by atomic mass is 9.87. The molecule has 14 nitrogen and oxygen atoms in total. The van der Waals surface area contributed by atoms with E-state index >= 15 is 0 Å². The molecule has 5 aliphatic rings. The predicted octanol–water partition coefficient (Wildman–Crippen LogP) is 4.86. The molecule has 14 heteroatoms. The molecule has 6 heterocycles. The van der Waals surface area contributed by atoms with Gasteiger partial charge in [0.1, 0.15) is 23.9 Å². The van der Waals surface area contributed by atoms with Crippen LogP contribution in [0.5, 0.6) is 0 Å². The zero-order chi connectivity index (χ0) is 41.3. The molecule has 2 atom stereocenters. The average Bonchev–Trinajstić information content (AvgIpc) is 3.70. The average molecular weight is 815 g/mol. The summed E-state index contributed by atoms with van der Waals surface area (Å²) in [6.45, 7) is 7.71. The van der Waals surface area contributed by atoms with Crippen LogP contribution in [-0.4, -0.2) is 113 Å². The van der Waals surface area contributed by atoms with Crippen LogP contribution in [0.15, 0.2) is 65.7 Å². The van der Waals surface area contributed by atoms with Crippen molar-refractivity contribution in [3.8, 4) is 0 Å². The number of primary amides is 1. The molecule has 2 aromatic heterocycles. The van der Waals surface area contributed by atoms with Crippen molar-refractivity contribution in [1.29, 1.82) is 0 Å². The van der Waals surface area contributed by atoms with Crippen molar-refractivity contribution in [2.75, 3.05) is 68.8 Å². The first-order chi connectivity index (χ1) is 29.2. The summed E-state index contributed by atoms with van der Waals surface area (Å²) in [5.41, 5.74) is 9.84. The first-order valence-electron chi connectivity index (χ1n) is 21.8. The fourth-order valence-corrected chi connectivity index (χ4v) is 10.2. The number of rotatable bonds is 10. The molecule has 1 saturated carbocycles. The molecule has 314 valence electrons. The normalized spacial score (nSPS) is 22.5. The highest BCUT2D eigenvalue weighted by Gasteiger charge is 2.34. The summed E-state index contributed by atoms with van der Waals surface area (Å²) in [5.74, 6) is 1.04. The van der Waals surface area contributed by atoms with Gasteiger partial charge in [-0.2, -0.15) is 0 Å². The van der Waals surface area contributed by atoms with Gasteiger partial charge in [0.25, 0.3) is 11.5 Å². The number of nitrogens with two attached hydrogens (primary N) is 1. The zero-order valence-electron chi connectivity index (χ0n) is 34.2. The number of cyclic esters (lactones) is 1. The highest BCUT2D eigenvalue weighted by atomic mass is 16.6. The molecule has 1 aliphatic carbocycles. The van der Waals surface area contributed by atoms with E-state index in [9.17, 15) is 24.0 Å². The van der Waals surface area contributed by atoms with E-state index in [1.165, 1.54) is 10.1 Å². The number of anilines is 2. The smallest absolute Gasteiger partial charge is 0.410 e. The van der Waals surface area contributed by atoms with Crippen LogP contribution >= 0.6 is 0 Å². The van der Waals surface area contributed by atoms with Crippen LogP contribution in [0.4, 0.5) is 16.3 Å². The Morgan fingerprint density at radius 2 is 1.65 bits per heavy atom. The Hall–Kier alpha value is -5.63. The Balaban J connectivity index is 0.756. The number of carbonyl (C=O) groups excluding carboxylic acids is 4. The maximum Gasteiger partial charge on any atom is 0.410 e.